The molecule has 1 aromatic rings. The van der Waals surface area contributed by atoms with Gasteiger partial charge < -0.3 is 5.43 Å². The first-order valence-corrected chi connectivity index (χ1v) is 3.48. The maximum absolute atomic E-state index is 12.2. The van der Waals surface area contributed by atoms with Crippen molar-refractivity contribution >= 4 is 5.69 Å². The van der Waals surface area contributed by atoms with Gasteiger partial charge in [0.1, 0.15) is 6.07 Å². The predicted octanol–water partition coefficient (Wildman–Crippen LogP) is 1.78. The summed E-state index contributed by atoms with van der Waals surface area (Å²) in [5.74, 6) is 5.05. The Morgan fingerprint density at radius 1 is 1.46 bits per heavy atom. The molecular weight excluding hydrogens is 176 g/mol. The highest BCUT2D eigenvalue weighted by atomic mass is 19.3. The lowest BCUT2D eigenvalue weighted by Gasteiger charge is -2.05. The molecule has 0 heterocycles. The van der Waals surface area contributed by atoms with E-state index in [-0.39, 0.29) is 16.8 Å². The van der Waals surface area contributed by atoms with Crippen molar-refractivity contribution in [3.8, 4) is 6.07 Å². The Balaban J connectivity index is 3.15. The highest BCUT2D eigenvalue weighted by molar-refractivity contribution is 5.58. The van der Waals surface area contributed by atoms with E-state index in [2.05, 4.69) is 5.43 Å². The largest absolute Gasteiger partial charge is 0.323 e. The molecule has 0 aliphatic carbocycles. The minimum atomic E-state index is -2.56. The highest BCUT2D eigenvalue weighted by Gasteiger charge is 2.09. The first-order valence-electron chi connectivity index (χ1n) is 3.48. The van der Waals surface area contributed by atoms with Crippen LogP contribution in [0.1, 0.15) is 17.6 Å². The highest BCUT2D eigenvalue weighted by Crippen LogP contribution is 2.23. The van der Waals surface area contributed by atoms with Crippen LogP contribution in [-0.4, -0.2) is 0 Å². The Morgan fingerprint density at radius 3 is 2.62 bits per heavy atom. The predicted molar refractivity (Wildman–Crippen MR) is 43.9 cm³/mol. The molecule has 0 bridgehead atoms. The molecule has 0 aliphatic heterocycles. The summed E-state index contributed by atoms with van der Waals surface area (Å²) in [6.07, 6.45) is -2.56. The van der Waals surface area contributed by atoms with E-state index in [9.17, 15) is 8.78 Å². The summed E-state index contributed by atoms with van der Waals surface area (Å²) in [6, 6.07) is 5.48. The molecule has 1 aromatic carbocycles. The van der Waals surface area contributed by atoms with Gasteiger partial charge in [0.15, 0.2) is 0 Å². The summed E-state index contributed by atoms with van der Waals surface area (Å²) in [5.41, 5.74) is 2.48. The van der Waals surface area contributed by atoms with Gasteiger partial charge in [0.2, 0.25) is 0 Å². The molecule has 0 spiro atoms. The normalized spacial score (nSPS) is 9.77. The molecule has 3 nitrogen and oxygen atoms in total. The molecule has 0 amide bonds. The van der Waals surface area contributed by atoms with Crippen LogP contribution in [-0.2, 0) is 0 Å². The van der Waals surface area contributed by atoms with Gasteiger partial charge in [0.05, 0.1) is 11.3 Å². The molecule has 0 unspecified atom stereocenters. The van der Waals surface area contributed by atoms with Crippen LogP contribution in [0.25, 0.3) is 0 Å². The van der Waals surface area contributed by atoms with E-state index < -0.39 is 6.43 Å². The number of nitriles is 1. The number of halogens is 2. The van der Waals surface area contributed by atoms with Crippen LogP contribution in [0.15, 0.2) is 18.2 Å². The molecule has 5 heteroatoms. The van der Waals surface area contributed by atoms with Crippen molar-refractivity contribution in [1.29, 1.82) is 5.26 Å². The lowest BCUT2D eigenvalue weighted by molar-refractivity contribution is 0.151. The number of nitrogens with two attached hydrogens (primary N) is 1. The van der Waals surface area contributed by atoms with E-state index in [4.69, 9.17) is 11.1 Å². The van der Waals surface area contributed by atoms with Gasteiger partial charge in [0.25, 0.3) is 6.43 Å². The fourth-order valence-corrected chi connectivity index (χ4v) is 0.915. The quantitative estimate of drug-likeness (QED) is 0.542. The lowest BCUT2D eigenvalue weighted by atomic mass is 10.1. The minimum absolute atomic E-state index is 0.160. The summed E-state index contributed by atoms with van der Waals surface area (Å²) in [4.78, 5) is 0. The lowest BCUT2D eigenvalue weighted by Crippen LogP contribution is -2.08. The zero-order valence-electron chi connectivity index (χ0n) is 6.59. The SMILES string of the molecule is N#Cc1ccc(C(F)F)cc1NN. The topological polar surface area (TPSA) is 61.8 Å². The Hall–Kier alpha value is -1.67. The molecule has 0 saturated heterocycles. The van der Waals surface area contributed by atoms with Crippen LogP contribution in [0.5, 0.6) is 0 Å². The fourth-order valence-electron chi connectivity index (χ4n) is 0.915. The second kappa shape index (κ2) is 3.83. The van der Waals surface area contributed by atoms with E-state index >= 15 is 0 Å². The minimum Gasteiger partial charge on any atom is -0.323 e. The Kier molecular flexibility index (Phi) is 2.77. The average Bonchev–Trinajstić information content (AvgIpc) is 2.16. The number of hydrogen-bond acceptors (Lipinski definition) is 3. The molecule has 0 aromatic heterocycles. The van der Waals surface area contributed by atoms with Crippen LogP contribution in [0.4, 0.5) is 14.5 Å². The molecule has 0 fully saturated rings. The van der Waals surface area contributed by atoms with Gasteiger partial charge in [-0.15, -0.1) is 0 Å². The van der Waals surface area contributed by atoms with Crippen LogP contribution >= 0.6 is 0 Å². The number of hydrazine groups is 1. The number of nitrogen functional groups attached to an aromatic ring is 1. The monoisotopic (exact) mass is 183 g/mol. The first-order chi connectivity index (χ1) is 6.19. The third kappa shape index (κ3) is 1.92. The maximum atomic E-state index is 12.2. The van der Waals surface area contributed by atoms with Gasteiger partial charge in [-0.1, -0.05) is 6.07 Å². The molecule has 13 heavy (non-hydrogen) atoms. The summed E-state index contributed by atoms with van der Waals surface area (Å²) >= 11 is 0. The number of benzene rings is 1. The number of nitrogens with one attached hydrogen (secondary N) is 1. The second-order valence-electron chi connectivity index (χ2n) is 2.36. The standard InChI is InChI=1S/C8H7F2N3/c9-8(10)5-1-2-6(4-11)7(3-5)13-12/h1-3,8,13H,12H2. The number of anilines is 1. The number of alkyl halides is 2. The van der Waals surface area contributed by atoms with Crippen molar-refractivity contribution in [2.45, 2.75) is 6.43 Å². The zero-order valence-corrected chi connectivity index (χ0v) is 6.59. The molecule has 0 saturated carbocycles. The van der Waals surface area contributed by atoms with Crippen LogP contribution in [0.3, 0.4) is 0 Å². The molecule has 0 aliphatic rings. The third-order valence-corrected chi connectivity index (χ3v) is 1.57. The third-order valence-electron chi connectivity index (χ3n) is 1.57. The fraction of sp³-hybridized carbons (Fsp3) is 0.125. The number of rotatable bonds is 2. The Bertz CT molecular complexity index is 344. The summed E-state index contributed by atoms with van der Waals surface area (Å²) in [5, 5.41) is 8.55. The summed E-state index contributed by atoms with van der Waals surface area (Å²) in [6.45, 7) is 0. The van der Waals surface area contributed by atoms with Crippen molar-refractivity contribution in [3.63, 3.8) is 0 Å². The second-order valence-corrected chi connectivity index (χ2v) is 2.36. The van der Waals surface area contributed by atoms with Crippen LogP contribution in [0.2, 0.25) is 0 Å². The van der Waals surface area contributed by atoms with Crippen LogP contribution < -0.4 is 11.3 Å². The van der Waals surface area contributed by atoms with Gasteiger partial charge in [0, 0.05) is 5.56 Å². The zero-order chi connectivity index (χ0) is 9.84. The summed E-state index contributed by atoms with van der Waals surface area (Å²) in [7, 11) is 0. The van der Waals surface area contributed by atoms with Gasteiger partial charge in [-0.2, -0.15) is 5.26 Å². The molecule has 0 atom stereocenters. The molecule has 0 radical (unpaired) electrons. The molecule has 3 N–H and O–H groups in total. The molecule has 68 valence electrons. The molecular formula is C8H7F2N3. The van der Waals surface area contributed by atoms with Crippen LogP contribution in [0, 0.1) is 11.3 Å². The summed E-state index contributed by atoms with van der Waals surface area (Å²) < 4.78 is 24.3. The van der Waals surface area contributed by atoms with E-state index in [0.717, 1.165) is 6.07 Å². The van der Waals surface area contributed by atoms with Gasteiger partial charge in [-0.3, -0.25) is 5.84 Å². The molecule has 1 rings (SSSR count). The van der Waals surface area contributed by atoms with Crippen molar-refractivity contribution in [2.75, 3.05) is 5.43 Å². The number of hydrogen-bond donors (Lipinski definition) is 2. The van der Waals surface area contributed by atoms with Crippen molar-refractivity contribution in [3.05, 3.63) is 29.3 Å². The maximum Gasteiger partial charge on any atom is 0.263 e. The smallest absolute Gasteiger partial charge is 0.263 e. The number of nitrogens with zero attached hydrogens (tertiary/aromatic N) is 1. The van der Waals surface area contributed by atoms with Gasteiger partial charge in [-0.05, 0) is 12.1 Å². The van der Waals surface area contributed by atoms with Crippen molar-refractivity contribution in [1.82, 2.24) is 0 Å². The van der Waals surface area contributed by atoms with E-state index in [1.54, 1.807) is 0 Å². The van der Waals surface area contributed by atoms with E-state index in [1.807, 2.05) is 6.07 Å². The Morgan fingerprint density at radius 2 is 2.15 bits per heavy atom. The van der Waals surface area contributed by atoms with E-state index in [1.165, 1.54) is 12.1 Å². The van der Waals surface area contributed by atoms with Crippen molar-refractivity contribution in [2.24, 2.45) is 5.84 Å². The van der Waals surface area contributed by atoms with Crippen molar-refractivity contribution < 1.29 is 8.78 Å². The average molecular weight is 183 g/mol. The first kappa shape index (κ1) is 9.42. The van der Waals surface area contributed by atoms with Gasteiger partial charge in [-0.25, -0.2) is 8.78 Å². The van der Waals surface area contributed by atoms with E-state index in [0.29, 0.717) is 0 Å². The Labute approximate surface area is 73.7 Å². The van der Waals surface area contributed by atoms with Gasteiger partial charge >= 0.3 is 0 Å².